The Labute approximate surface area is 143 Å². The molecule has 0 saturated heterocycles. The Morgan fingerprint density at radius 2 is 1.74 bits per heavy atom. The molecule has 0 bridgehead atoms. The second-order valence-electron chi connectivity index (χ2n) is 4.91. The molecule has 0 aliphatic heterocycles. The molecule has 5 nitrogen and oxygen atoms in total. The number of para-hydroxylation sites is 1. The normalized spacial score (nSPS) is 11.5. The number of nitrogens with zero attached hydrogens (tertiary/aromatic N) is 2. The van der Waals surface area contributed by atoms with Crippen LogP contribution in [0.4, 0.5) is 0 Å². The summed E-state index contributed by atoms with van der Waals surface area (Å²) in [7, 11) is -3.54. The molecule has 7 heteroatoms. The number of sulfonamides is 1. The summed E-state index contributed by atoms with van der Waals surface area (Å²) in [6.07, 6.45) is 3.45. The molecule has 1 aromatic heterocycles. The number of hydrogen-bond acceptors (Lipinski definition) is 3. The maximum Gasteiger partial charge on any atom is 0.240 e. The summed E-state index contributed by atoms with van der Waals surface area (Å²) in [6, 6.07) is 16.1. The predicted molar refractivity (Wildman–Crippen MR) is 91.7 cm³/mol. The van der Waals surface area contributed by atoms with E-state index in [2.05, 4.69) is 25.8 Å². The largest absolute Gasteiger partial charge is 0.241 e. The van der Waals surface area contributed by atoms with Gasteiger partial charge in [0, 0.05) is 22.8 Å². The van der Waals surface area contributed by atoms with Gasteiger partial charge in [0.15, 0.2) is 0 Å². The Balaban J connectivity index is 1.71. The number of rotatable bonds is 5. The summed E-state index contributed by atoms with van der Waals surface area (Å²) in [6.45, 7) is 0.186. The van der Waals surface area contributed by atoms with Gasteiger partial charge in [-0.15, -0.1) is 0 Å². The fourth-order valence-corrected chi connectivity index (χ4v) is 3.33. The van der Waals surface area contributed by atoms with Gasteiger partial charge in [0.05, 0.1) is 16.8 Å². The van der Waals surface area contributed by atoms with Crippen molar-refractivity contribution in [2.75, 3.05) is 0 Å². The van der Waals surface area contributed by atoms with Crippen molar-refractivity contribution >= 4 is 26.0 Å². The molecule has 0 unspecified atom stereocenters. The first-order chi connectivity index (χ1) is 11.0. The van der Waals surface area contributed by atoms with Gasteiger partial charge in [-0.05, 0) is 36.4 Å². The Morgan fingerprint density at radius 1 is 1.04 bits per heavy atom. The van der Waals surface area contributed by atoms with E-state index >= 15 is 0 Å². The Hall–Kier alpha value is -1.96. The summed E-state index contributed by atoms with van der Waals surface area (Å²) in [5.41, 5.74) is 1.71. The molecule has 2 aromatic carbocycles. The average Bonchev–Trinajstić information content (AvgIpc) is 3.03. The van der Waals surface area contributed by atoms with E-state index in [1.54, 1.807) is 41.3 Å². The zero-order chi connectivity index (χ0) is 16.3. The molecule has 0 aliphatic rings. The lowest BCUT2D eigenvalue weighted by molar-refractivity contribution is 0.581. The lowest BCUT2D eigenvalue weighted by Gasteiger charge is -2.05. The molecule has 1 heterocycles. The van der Waals surface area contributed by atoms with E-state index in [4.69, 9.17) is 0 Å². The Bertz CT molecular complexity index is 891. The van der Waals surface area contributed by atoms with E-state index in [0.29, 0.717) is 0 Å². The number of hydrogen-bond donors (Lipinski definition) is 1. The van der Waals surface area contributed by atoms with Crippen LogP contribution in [0.2, 0.25) is 0 Å². The summed E-state index contributed by atoms with van der Waals surface area (Å²) >= 11 is 3.29. The average molecular weight is 392 g/mol. The highest BCUT2D eigenvalue weighted by Crippen LogP contribution is 2.15. The molecule has 0 fully saturated rings. The third-order valence-corrected chi connectivity index (χ3v) is 5.19. The highest BCUT2D eigenvalue weighted by molar-refractivity contribution is 9.10. The number of nitrogens with one attached hydrogen (secondary N) is 1. The molecule has 1 N–H and O–H groups in total. The van der Waals surface area contributed by atoms with Crippen molar-refractivity contribution in [1.82, 2.24) is 14.5 Å². The van der Waals surface area contributed by atoms with Gasteiger partial charge < -0.3 is 0 Å². The molecule has 3 aromatic rings. The highest BCUT2D eigenvalue weighted by Gasteiger charge is 2.13. The van der Waals surface area contributed by atoms with Gasteiger partial charge in [0.1, 0.15) is 0 Å². The summed E-state index contributed by atoms with van der Waals surface area (Å²) in [4.78, 5) is 0.233. The van der Waals surface area contributed by atoms with E-state index in [1.807, 2.05) is 30.3 Å². The summed E-state index contributed by atoms with van der Waals surface area (Å²) < 4.78 is 29.6. The fraction of sp³-hybridized carbons (Fsp3) is 0.0625. The van der Waals surface area contributed by atoms with Gasteiger partial charge in [-0.1, -0.05) is 34.1 Å². The lowest BCUT2D eigenvalue weighted by Crippen LogP contribution is -2.22. The van der Waals surface area contributed by atoms with Gasteiger partial charge in [0.25, 0.3) is 0 Å². The van der Waals surface area contributed by atoms with Crippen molar-refractivity contribution < 1.29 is 8.42 Å². The molecule has 118 valence electrons. The number of aromatic nitrogens is 2. The van der Waals surface area contributed by atoms with Crippen LogP contribution < -0.4 is 4.72 Å². The maximum absolute atomic E-state index is 12.2. The van der Waals surface area contributed by atoms with Crippen molar-refractivity contribution in [2.24, 2.45) is 0 Å². The second kappa shape index (κ2) is 6.66. The first kappa shape index (κ1) is 15.9. The van der Waals surface area contributed by atoms with Crippen LogP contribution in [0.3, 0.4) is 0 Å². The maximum atomic E-state index is 12.2. The number of benzene rings is 2. The van der Waals surface area contributed by atoms with Crippen molar-refractivity contribution in [3.05, 3.63) is 77.0 Å². The van der Waals surface area contributed by atoms with Crippen LogP contribution in [0, 0.1) is 0 Å². The van der Waals surface area contributed by atoms with E-state index < -0.39 is 10.0 Å². The van der Waals surface area contributed by atoms with Crippen LogP contribution in [0.25, 0.3) is 5.69 Å². The molecular weight excluding hydrogens is 378 g/mol. The zero-order valence-corrected chi connectivity index (χ0v) is 14.5. The monoisotopic (exact) mass is 391 g/mol. The predicted octanol–water partition coefficient (Wildman–Crippen LogP) is 3.11. The zero-order valence-electron chi connectivity index (χ0n) is 12.1. The van der Waals surface area contributed by atoms with E-state index in [9.17, 15) is 8.42 Å². The van der Waals surface area contributed by atoms with Gasteiger partial charge in [-0.2, -0.15) is 5.10 Å². The van der Waals surface area contributed by atoms with Gasteiger partial charge in [-0.3, -0.25) is 0 Å². The van der Waals surface area contributed by atoms with Crippen LogP contribution in [0.5, 0.6) is 0 Å². The van der Waals surface area contributed by atoms with Crippen molar-refractivity contribution in [1.29, 1.82) is 0 Å². The minimum absolute atomic E-state index is 0.186. The second-order valence-corrected chi connectivity index (χ2v) is 7.59. The van der Waals surface area contributed by atoms with Crippen molar-refractivity contribution in [2.45, 2.75) is 11.4 Å². The van der Waals surface area contributed by atoms with Crippen LogP contribution >= 0.6 is 15.9 Å². The summed E-state index contributed by atoms with van der Waals surface area (Å²) in [5, 5.41) is 4.25. The third kappa shape index (κ3) is 3.87. The van der Waals surface area contributed by atoms with Gasteiger partial charge in [-0.25, -0.2) is 17.8 Å². The smallest absolute Gasteiger partial charge is 0.240 e. The molecule has 0 aliphatic carbocycles. The lowest BCUT2D eigenvalue weighted by atomic mass is 10.3. The number of halogens is 1. The SMILES string of the molecule is O=S(=O)(NCc1cnn(-c2ccccc2)c1)c1ccc(Br)cc1. The molecule has 3 rings (SSSR count). The Morgan fingerprint density at radius 3 is 2.43 bits per heavy atom. The minimum atomic E-state index is -3.54. The highest BCUT2D eigenvalue weighted by atomic mass is 79.9. The van der Waals surface area contributed by atoms with Crippen LogP contribution in [0.1, 0.15) is 5.56 Å². The van der Waals surface area contributed by atoms with E-state index in [-0.39, 0.29) is 11.4 Å². The van der Waals surface area contributed by atoms with Crippen LogP contribution in [0.15, 0.2) is 76.4 Å². The molecule has 23 heavy (non-hydrogen) atoms. The standard InChI is InChI=1S/C16H14BrN3O2S/c17-14-6-8-16(9-7-14)23(21,22)19-11-13-10-18-20(12-13)15-4-2-1-3-5-15/h1-10,12,19H,11H2. The van der Waals surface area contributed by atoms with Crippen LogP contribution in [-0.4, -0.2) is 18.2 Å². The summed E-state index contributed by atoms with van der Waals surface area (Å²) in [5.74, 6) is 0. The van der Waals surface area contributed by atoms with E-state index in [1.165, 1.54) is 0 Å². The molecule has 0 radical (unpaired) electrons. The topological polar surface area (TPSA) is 64.0 Å². The van der Waals surface area contributed by atoms with Crippen LogP contribution in [-0.2, 0) is 16.6 Å². The van der Waals surface area contributed by atoms with E-state index in [0.717, 1.165) is 15.7 Å². The Kier molecular flexibility index (Phi) is 4.61. The third-order valence-electron chi connectivity index (χ3n) is 3.25. The molecule has 0 saturated carbocycles. The molecular formula is C16H14BrN3O2S. The first-order valence-electron chi connectivity index (χ1n) is 6.89. The first-order valence-corrected chi connectivity index (χ1v) is 9.16. The van der Waals surface area contributed by atoms with Crippen molar-refractivity contribution in [3.63, 3.8) is 0 Å². The van der Waals surface area contributed by atoms with Crippen molar-refractivity contribution in [3.8, 4) is 5.69 Å². The van der Waals surface area contributed by atoms with Gasteiger partial charge >= 0.3 is 0 Å². The molecule has 0 atom stereocenters. The molecule has 0 spiro atoms. The van der Waals surface area contributed by atoms with Gasteiger partial charge in [0.2, 0.25) is 10.0 Å². The molecule has 0 amide bonds. The quantitative estimate of drug-likeness (QED) is 0.726. The minimum Gasteiger partial charge on any atom is -0.241 e. The fourth-order valence-electron chi connectivity index (χ4n) is 2.05.